The van der Waals surface area contributed by atoms with Crippen molar-refractivity contribution in [3.8, 4) is 0 Å². The van der Waals surface area contributed by atoms with E-state index in [2.05, 4.69) is 60.6 Å². The number of rotatable bonds is 8. The molecule has 1 aromatic rings. The number of hydrogen-bond donors (Lipinski definition) is 4. The number of hydrogen-bond acceptors (Lipinski definition) is 10. The molecule has 12 heteroatoms. The molecule has 0 amide bonds. The maximum Gasteiger partial charge on any atom is 0.397 e. The number of Topliss-reactive ketones (excluding diaryl/α,β-unsaturated/α-hetero) is 1. The van der Waals surface area contributed by atoms with Crippen LogP contribution < -0.4 is 0 Å². The van der Waals surface area contributed by atoms with E-state index in [1.54, 1.807) is 0 Å². The first-order valence-corrected chi connectivity index (χ1v) is 28.5. The van der Waals surface area contributed by atoms with Crippen molar-refractivity contribution >= 4 is 16.2 Å². The van der Waals surface area contributed by atoms with E-state index in [0.717, 1.165) is 69.8 Å². The van der Waals surface area contributed by atoms with Crippen LogP contribution in [0.4, 0.5) is 0 Å². The Hall–Kier alpha value is -1.74. The van der Waals surface area contributed by atoms with Gasteiger partial charge >= 0.3 is 10.4 Å². The molecule has 4 bridgehead atoms. The van der Waals surface area contributed by atoms with Crippen LogP contribution in [-0.2, 0) is 51.8 Å². The highest BCUT2D eigenvalue weighted by molar-refractivity contribution is 7.80. The summed E-state index contributed by atoms with van der Waals surface area (Å²) in [5.74, 6) is 0.382. The third-order valence-corrected chi connectivity index (χ3v) is 23.7. The third-order valence-electron chi connectivity index (χ3n) is 23.2. The van der Waals surface area contributed by atoms with E-state index in [0.29, 0.717) is 42.4 Å². The molecule has 3 saturated carbocycles. The summed E-state index contributed by atoms with van der Waals surface area (Å²) in [4.78, 5) is 13.1. The summed E-state index contributed by atoms with van der Waals surface area (Å²) >= 11 is 0. The largest absolute Gasteiger partial charge is 0.397 e. The second-order valence-corrected chi connectivity index (χ2v) is 28.5. The number of carbonyl (C=O) groups excluding carboxylic acids is 1. The molecule has 0 unspecified atom stereocenters. The molecular formula is C57H84O11S. The van der Waals surface area contributed by atoms with Gasteiger partial charge in [-0.15, -0.1) is 0 Å². The van der Waals surface area contributed by atoms with Crippen molar-refractivity contribution in [2.75, 3.05) is 6.61 Å². The van der Waals surface area contributed by atoms with Crippen molar-refractivity contribution in [2.24, 2.45) is 63.1 Å². The predicted molar refractivity (Wildman–Crippen MR) is 261 cm³/mol. The van der Waals surface area contributed by atoms with Gasteiger partial charge < -0.3 is 29.5 Å². The molecule has 69 heavy (non-hydrogen) atoms. The number of ether oxygens (including phenoxy) is 3. The van der Waals surface area contributed by atoms with Gasteiger partial charge in [0.15, 0.2) is 11.6 Å². The maximum atomic E-state index is 13.1. The number of ketones is 1. The van der Waals surface area contributed by atoms with E-state index in [1.807, 2.05) is 27.7 Å². The molecule has 12 rings (SSSR count). The average molecular weight is 977 g/mol. The lowest BCUT2D eigenvalue weighted by Crippen LogP contribution is -2.76. The summed E-state index contributed by atoms with van der Waals surface area (Å²) in [6, 6.07) is 4.56. The molecule has 4 saturated heterocycles. The van der Waals surface area contributed by atoms with Crippen LogP contribution in [0.15, 0.2) is 23.3 Å². The summed E-state index contributed by atoms with van der Waals surface area (Å²) in [7, 11) is -4.81. The molecule has 0 radical (unpaired) electrons. The molecule has 7 aliphatic carbocycles. The van der Waals surface area contributed by atoms with Gasteiger partial charge in [-0.3, -0.25) is 9.35 Å². The fourth-order valence-electron chi connectivity index (χ4n) is 19.8. The Morgan fingerprint density at radius 1 is 0.855 bits per heavy atom. The molecule has 384 valence electrons. The monoisotopic (exact) mass is 977 g/mol. The van der Waals surface area contributed by atoms with E-state index in [1.165, 1.54) is 40.7 Å². The molecule has 11 aliphatic rings. The minimum atomic E-state index is -4.81. The predicted octanol–water partition coefficient (Wildman–Crippen LogP) is 9.51. The van der Waals surface area contributed by atoms with Crippen LogP contribution in [0.5, 0.6) is 0 Å². The summed E-state index contributed by atoms with van der Waals surface area (Å²) in [5.41, 5.74) is 4.73. The summed E-state index contributed by atoms with van der Waals surface area (Å²) in [6.07, 6.45) is 10.4. The van der Waals surface area contributed by atoms with Crippen molar-refractivity contribution in [3.05, 3.63) is 45.5 Å². The Labute approximate surface area is 412 Å². The topological polar surface area (TPSA) is 169 Å². The lowest BCUT2D eigenvalue weighted by Gasteiger charge is -2.69. The third kappa shape index (κ3) is 6.89. The second kappa shape index (κ2) is 15.7. The fraction of sp³-hybridized carbons (Fsp3) is 0.842. The zero-order valence-corrected chi connectivity index (χ0v) is 44.3. The zero-order valence-electron chi connectivity index (χ0n) is 43.5. The number of aliphatic hydroxyl groups is 3. The van der Waals surface area contributed by atoms with Gasteiger partial charge in [-0.25, -0.2) is 4.18 Å². The molecule has 1 aromatic carbocycles. The number of benzene rings is 1. The number of aliphatic hydroxyl groups excluding tert-OH is 2. The van der Waals surface area contributed by atoms with Gasteiger partial charge in [0.2, 0.25) is 0 Å². The van der Waals surface area contributed by atoms with Crippen molar-refractivity contribution in [1.29, 1.82) is 0 Å². The van der Waals surface area contributed by atoms with E-state index in [-0.39, 0.29) is 64.9 Å². The van der Waals surface area contributed by atoms with Crippen LogP contribution in [0, 0.1) is 63.1 Å². The molecule has 11 nitrogen and oxygen atoms in total. The van der Waals surface area contributed by atoms with Crippen LogP contribution in [0.2, 0.25) is 0 Å². The molecular weight excluding hydrogens is 893 g/mol. The van der Waals surface area contributed by atoms with Gasteiger partial charge in [-0.2, -0.15) is 8.42 Å². The maximum absolute atomic E-state index is 13.1. The molecule has 18 atom stereocenters. The first-order chi connectivity index (χ1) is 32.0. The van der Waals surface area contributed by atoms with E-state index in [4.69, 9.17) is 18.4 Å². The van der Waals surface area contributed by atoms with E-state index < -0.39 is 56.7 Å². The summed E-state index contributed by atoms with van der Waals surface area (Å²) < 4.78 is 61.8. The smallest absolute Gasteiger partial charge is 0.387 e. The molecule has 4 aliphatic heterocycles. The van der Waals surface area contributed by atoms with Gasteiger partial charge in [0.1, 0.15) is 12.2 Å². The Balaban J connectivity index is 0.833. The van der Waals surface area contributed by atoms with Crippen molar-refractivity contribution in [3.63, 3.8) is 0 Å². The highest BCUT2D eigenvalue weighted by atomic mass is 32.3. The minimum absolute atomic E-state index is 0.0373. The van der Waals surface area contributed by atoms with Crippen LogP contribution in [0.3, 0.4) is 0 Å². The number of carbonyl (C=O) groups is 1. The SMILES string of the molecule is C[C@@H]([C@H]1CC[C@H]2C3=C(CC[C@]12C)[C@@]12CO[C@@](O)([C@@H](O)C1)C(C)(C)[C@@H]2[C@@H](OS(=O)(=O)O)C3)[C@H]1C[C@@H]2C[C@@](C)(OC2(C)C)[C@H](CC[C@@H](C)[C@H]2CC[C@H]3c4ccc5c(c4CC[C@]23C)C[C@H](O)C(=O)C5(C)C)O1. The van der Waals surface area contributed by atoms with Crippen LogP contribution in [0.25, 0.3) is 0 Å². The van der Waals surface area contributed by atoms with Gasteiger partial charge in [0.05, 0.1) is 41.5 Å². The van der Waals surface area contributed by atoms with Crippen molar-refractivity contribution in [1.82, 2.24) is 0 Å². The lowest BCUT2D eigenvalue weighted by molar-refractivity contribution is -0.408. The Bertz CT molecular complexity index is 2440. The molecule has 4 heterocycles. The highest BCUT2D eigenvalue weighted by Crippen LogP contribution is 2.72. The van der Waals surface area contributed by atoms with E-state index in [9.17, 15) is 33.1 Å². The summed E-state index contributed by atoms with van der Waals surface area (Å²) in [5, 5.41) is 34.1. The minimum Gasteiger partial charge on any atom is -0.387 e. The first-order valence-electron chi connectivity index (χ1n) is 27.2. The second-order valence-electron chi connectivity index (χ2n) is 27.4. The van der Waals surface area contributed by atoms with Crippen molar-refractivity contribution in [2.45, 2.75) is 231 Å². The normalized spacial score (nSPS) is 47.6. The fourth-order valence-corrected chi connectivity index (χ4v) is 20.3. The Kier molecular flexibility index (Phi) is 11.2. The average Bonchev–Trinajstić information content (AvgIpc) is 3.84. The summed E-state index contributed by atoms with van der Waals surface area (Å²) in [6.45, 7) is 24.6. The van der Waals surface area contributed by atoms with Gasteiger partial charge in [-0.05, 0) is 199 Å². The molecule has 1 spiro atoms. The van der Waals surface area contributed by atoms with Gasteiger partial charge in [0, 0.05) is 23.2 Å². The standard InChI is InChI=1S/C57H84O11S/c1-30(37-15-17-40-34-13-14-39-35(33(34)20-22-53(37,40)9)25-43(58)49(60)50(39,3)4)12-19-47-55(11)27-32(52(7,8)68-55)24-44(66-47)31(2)38-16-18-41-36-26-45(67-69(62,63)64)48-51(5,6)57(61)46(59)28-56(48,29-65-57)42(36)21-23-54(38,41)10/h13-14,30-32,37-38,40-41,43-48,58-59,61H,12,15-29H2,1-11H3,(H,62,63,64)/t30-,31+,32-,37-,38-,40+,41+,43+,44-,45+,46+,47+,48+,53-,54-,55-,56+,57+/m1/s1. The zero-order chi connectivity index (χ0) is 49.6. The van der Waals surface area contributed by atoms with Crippen LogP contribution in [0.1, 0.15) is 188 Å². The quantitative estimate of drug-likeness (QED) is 0.145. The van der Waals surface area contributed by atoms with Gasteiger partial charge in [0.25, 0.3) is 0 Å². The molecule has 0 aromatic heterocycles. The first kappa shape index (κ1) is 49.5. The number of fused-ring (bicyclic) bond motifs is 11. The van der Waals surface area contributed by atoms with Crippen LogP contribution in [-0.4, -0.2) is 88.2 Å². The molecule has 7 fully saturated rings. The van der Waals surface area contributed by atoms with Gasteiger partial charge in [-0.1, -0.05) is 64.8 Å². The van der Waals surface area contributed by atoms with E-state index >= 15 is 0 Å². The Morgan fingerprint density at radius 3 is 2.25 bits per heavy atom. The van der Waals surface area contributed by atoms with Crippen LogP contribution >= 0.6 is 0 Å². The molecule has 4 N–H and O–H groups in total. The van der Waals surface area contributed by atoms with Crippen molar-refractivity contribution < 1.29 is 51.5 Å². The lowest BCUT2D eigenvalue weighted by atomic mass is 9.42. The highest BCUT2D eigenvalue weighted by Gasteiger charge is 2.74. The Morgan fingerprint density at radius 2 is 1.54 bits per heavy atom.